The fraction of sp³-hybridized carbons (Fsp3) is 0.385. The molecule has 2 atom stereocenters. The molecule has 2 N–H and O–H groups in total. The number of Topliss-reactive ketones (excluding diaryl/α,β-unsaturated/α-hetero) is 1. The molecule has 0 fully saturated rings. The topological polar surface area (TPSA) is 97.1 Å². The van der Waals surface area contributed by atoms with Crippen molar-refractivity contribution >= 4 is 23.0 Å². The zero-order chi connectivity index (χ0) is 24.0. The predicted molar refractivity (Wildman–Crippen MR) is 127 cm³/mol. The number of carbonyl (C=O) groups is 2. The van der Waals surface area contributed by atoms with E-state index in [9.17, 15) is 9.59 Å². The van der Waals surface area contributed by atoms with Crippen molar-refractivity contribution in [2.45, 2.75) is 26.2 Å². The maximum atomic E-state index is 13.2. The Bertz CT molecular complexity index is 1030. The van der Waals surface area contributed by atoms with E-state index in [0.717, 1.165) is 29.7 Å². The van der Waals surface area contributed by atoms with Crippen LogP contribution < -0.4 is 19.9 Å². The number of anilines is 1. The molecule has 7 nitrogen and oxygen atoms in total. The van der Waals surface area contributed by atoms with Crippen LogP contribution in [-0.4, -0.2) is 39.7 Å². The molecule has 0 bridgehead atoms. The highest BCUT2D eigenvalue weighted by molar-refractivity contribution is 6.02. The average Bonchev–Trinajstić information content (AvgIpc) is 2.82. The van der Waals surface area contributed by atoms with Gasteiger partial charge in [-0.05, 0) is 54.0 Å². The maximum absolute atomic E-state index is 13.2. The minimum absolute atomic E-state index is 0.0172. The fourth-order valence-corrected chi connectivity index (χ4v) is 4.25. The molecule has 3 rings (SSSR count). The number of allylic oxidation sites excluding steroid dienone is 2. The summed E-state index contributed by atoms with van der Waals surface area (Å²) in [6.45, 7) is 1.73. The van der Waals surface area contributed by atoms with Gasteiger partial charge in [0, 0.05) is 30.7 Å². The molecule has 0 heterocycles. The summed E-state index contributed by atoms with van der Waals surface area (Å²) in [7, 11) is 4.67. The van der Waals surface area contributed by atoms with E-state index in [-0.39, 0.29) is 30.0 Å². The summed E-state index contributed by atoms with van der Waals surface area (Å²) in [6, 6.07) is 11.1. The summed E-state index contributed by atoms with van der Waals surface area (Å²) in [4.78, 5) is 24.6. The van der Waals surface area contributed by atoms with Crippen LogP contribution in [0.25, 0.3) is 5.57 Å². The van der Waals surface area contributed by atoms with Crippen LogP contribution in [-0.2, 0) is 9.53 Å². The van der Waals surface area contributed by atoms with Gasteiger partial charge in [0.25, 0.3) is 0 Å². The fourth-order valence-electron chi connectivity index (χ4n) is 4.25. The van der Waals surface area contributed by atoms with E-state index >= 15 is 0 Å². The highest BCUT2D eigenvalue weighted by atomic mass is 16.5. The standard InChI is InChI=1S/C26H31NO6/c1-16(28)33-15-18-9-17(10-20(11-18)19-5-7-21(30-2)8-6-19)12-24(29)22-13-25(31-3)26(32-4)14-23(22)27/h5-8,10,13-14,17-18H,9,11-12,15,27H2,1-4H3/t17?,18-/m0/s1. The highest BCUT2D eigenvalue weighted by Crippen LogP contribution is 2.38. The van der Waals surface area contributed by atoms with Crippen LogP contribution in [0, 0.1) is 11.8 Å². The van der Waals surface area contributed by atoms with E-state index in [1.807, 2.05) is 24.3 Å². The Hall–Kier alpha value is -3.48. The Morgan fingerprint density at radius 3 is 2.27 bits per heavy atom. The molecule has 0 radical (unpaired) electrons. The smallest absolute Gasteiger partial charge is 0.302 e. The number of nitrogens with two attached hydrogens (primary N) is 1. The lowest BCUT2D eigenvalue weighted by molar-refractivity contribution is -0.142. The van der Waals surface area contributed by atoms with Crippen molar-refractivity contribution in [2.24, 2.45) is 11.8 Å². The molecule has 1 unspecified atom stereocenters. The Morgan fingerprint density at radius 1 is 1.00 bits per heavy atom. The lowest BCUT2D eigenvalue weighted by Gasteiger charge is -2.28. The molecule has 0 spiro atoms. The largest absolute Gasteiger partial charge is 0.497 e. The Balaban J connectivity index is 1.85. The maximum Gasteiger partial charge on any atom is 0.302 e. The third-order valence-corrected chi connectivity index (χ3v) is 5.87. The SMILES string of the molecule is COc1ccc(C2=CC(CC(=O)c3cc(OC)c(OC)cc3N)C[C@H](COC(C)=O)C2)cc1. The number of ether oxygens (including phenoxy) is 4. The van der Waals surface area contributed by atoms with Crippen LogP contribution in [0.15, 0.2) is 42.5 Å². The van der Waals surface area contributed by atoms with Gasteiger partial charge in [-0.15, -0.1) is 0 Å². The molecule has 0 amide bonds. The van der Waals surface area contributed by atoms with Crippen molar-refractivity contribution in [3.05, 3.63) is 53.6 Å². The Labute approximate surface area is 194 Å². The number of benzene rings is 2. The number of nitrogen functional groups attached to an aromatic ring is 1. The van der Waals surface area contributed by atoms with Gasteiger partial charge in [-0.1, -0.05) is 18.2 Å². The van der Waals surface area contributed by atoms with Gasteiger partial charge in [0.2, 0.25) is 0 Å². The molecule has 2 aromatic rings. The van der Waals surface area contributed by atoms with Crippen LogP contribution in [0.2, 0.25) is 0 Å². The molecular formula is C26H31NO6. The van der Waals surface area contributed by atoms with Gasteiger partial charge in [0.05, 0.1) is 27.9 Å². The van der Waals surface area contributed by atoms with Gasteiger partial charge >= 0.3 is 5.97 Å². The second kappa shape index (κ2) is 10.9. The molecule has 0 aliphatic heterocycles. The molecule has 1 aliphatic rings. The molecule has 7 heteroatoms. The first-order valence-corrected chi connectivity index (χ1v) is 10.9. The van der Waals surface area contributed by atoms with Crippen molar-refractivity contribution in [3.8, 4) is 17.2 Å². The van der Waals surface area contributed by atoms with Gasteiger partial charge in [-0.2, -0.15) is 0 Å². The molecule has 33 heavy (non-hydrogen) atoms. The summed E-state index contributed by atoms with van der Waals surface area (Å²) < 4.78 is 21.2. The van der Waals surface area contributed by atoms with Gasteiger partial charge in [0.1, 0.15) is 5.75 Å². The van der Waals surface area contributed by atoms with E-state index in [2.05, 4.69) is 6.08 Å². The number of hydrogen-bond donors (Lipinski definition) is 1. The lowest BCUT2D eigenvalue weighted by atomic mass is 9.78. The second-order valence-corrected chi connectivity index (χ2v) is 8.21. The monoisotopic (exact) mass is 453 g/mol. The van der Waals surface area contributed by atoms with Gasteiger partial charge < -0.3 is 24.7 Å². The van der Waals surface area contributed by atoms with Crippen LogP contribution in [0.1, 0.15) is 42.1 Å². The third kappa shape index (κ3) is 6.06. The summed E-state index contributed by atoms with van der Waals surface area (Å²) >= 11 is 0. The number of carbonyl (C=O) groups excluding carboxylic acids is 2. The molecule has 0 saturated heterocycles. The minimum atomic E-state index is -0.304. The highest BCUT2D eigenvalue weighted by Gasteiger charge is 2.27. The van der Waals surface area contributed by atoms with Crippen LogP contribution in [0.4, 0.5) is 5.69 Å². The first-order chi connectivity index (χ1) is 15.8. The molecule has 2 aromatic carbocycles. The zero-order valence-corrected chi connectivity index (χ0v) is 19.6. The van der Waals surface area contributed by atoms with Crippen LogP contribution in [0.5, 0.6) is 17.2 Å². The molecule has 0 saturated carbocycles. The number of methoxy groups -OCH3 is 3. The first kappa shape index (κ1) is 24.2. The Morgan fingerprint density at radius 2 is 1.67 bits per heavy atom. The second-order valence-electron chi connectivity index (χ2n) is 8.21. The van der Waals surface area contributed by atoms with Gasteiger partial charge in [0.15, 0.2) is 17.3 Å². The van der Waals surface area contributed by atoms with Crippen molar-refractivity contribution < 1.29 is 28.5 Å². The summed E-state index contributed by atoms with van der Waals surface area (Å²) in [5.41, 5.74) is 9.09. The van der Waals surface area contributed by atoms with Crippen molar-refractivity contribution in [1.82, 2.24) is 0 Å². The van der Waals surface area contributed by atoms with E-state index in [1.165, 1.54) is 21.1 Å². The van der Waals surface area contributed by atoms with Crippen molar-refractivity contribution in [3.63, 3.8) is 0 Å². The molecule has 0 aromatic heterocycles. The van der Waals surface area contributed by atoms with Gasteiger partial charge in [-0.3, -0.25) is 9.59 Å². The number of rotatable bonds is 9. The van der Waals surface area contributed by atoms with E-state index in [1.54, 1.807) is 19.2 Å². The van der Waals surface area contributed by atoms with Gasteiger partial charge in [-0.25, -0.2) is 0 Å². The normalized spacial score (nSPS) is 17.6. The summed E-state index contributed by atoms with van der Waals surface area (Å²) in [6.07, 6.45) is 3.95. The minimum Gasteiger partial charge on any atom is -0.497 e. The quantitative estimate of drug-likeness (QED) is 0.338. The summed E-state index contributed by atoms with van der Waals surface area (Å²) in [5.74, 6) is 1.45. The van der Waals surface area contributed by atoms with Crippen LogP contribution in [0.3, 0.4) is 0 Å². The number of esters is 1. The zero-order valence-electron chi connectivity index (χ0n) is 19.6. The molecular weight excluding hydrogens is 422 g/mol. The van der Waals surface area contributed by atoms with Crippen molar-refractivity contribution in [2.75, 3.05) is 33.7 Å². The average molecular weight is 454 g/mol. The number of ketones is 1. The summed E-state index contributed by atoms with van der Waals surface area (Å²) in [5, 5.41) is 0. The Kier molecular flexibility index (Phi) is 7.98. The van der Waals surface area contributed by atoms with E-state index < -0.39 is 0 Å². The first-order valence-electron chi connectivity index (χ1n) is 10.9. The number of hydrogen-bond acceptors (Lipinski definition) is 7. The molecule has 176 valence electrons. The molecule has 1 aliphatic carbocycles. The van der Waals surface area contributed by atoms with E-state index in [4.69, 9.17) is 24.7 Å². The van der Waals surface area contributed by atoms with Crippen molar-refractivity contribution in [1.29, 1.82) is 0 Å². The third-order valence-electron chi connectivity index (χ3n) is 5.87. The van der Waals surface area contributed by atoms with Crippen LogP contribution >= 0.6 is 0 Å². The lowest BCUT2D eigenvalue weighted by Crippen LogP contribution is -2.22. The predicted octanol–water partition coefficient (Wildman–Crippen LogP) is 4.54. The van der Waals surface area contributed by atoms with E-state index in [0.29, 0.717) is 29.4 Å².